The van der Waals surface area contributed by atoms with Crippen molar-refractivity contribution in [2.45, 2.75) is 26.7 Å². The number of benzene rings is 2. The van der Waals surface area contributed by atoms with Crippen LogP contribution in [-0.2, 0) is 17.6 Å². The Morgan fingerprint density at radius 3 is 2.62 bits per heavy atom. The molecule has 1 aromatic heterocycles. The van der Waals surface area contributed by atoms with Gasteiger partial charge >= 0.3 is 5.97 Å². The van der Waals surface area contributed by atoms with Gasteiger partial charge in [0.1, 0.15) is 5.75 Å². The van der Waals surface area contributed by atoms with Crippen molar-refractivity contribution in [2.75, 3.05) is 6.61 Å². The van der Waals surface area contributed by atoms with Crippen LogP contribution in [0.4, 0.5) is 0 Å². The number of hydrogen-bond donors (Lipinski definition) is 1. The van der Waals surface area contributed by atoms with Gasteiger partial charge in [-0.3, -0.25) is 4.79 Å². The average molecular weight is 457 g/mol. The van der Waals surface area contributed by atoms with E-state index in [0.29, 0.717) is 10.0 Å². The number of carbonyl (C=O) groups excluding carboxylic acids is 1. The van der Waals surface area contributed by atoms with Gasteiger partial charge in [0.15, 0.2) is 12.4 Å². The largest absolute Gasteiger partial charge is 0.481 e. The Kier molecular flexibility index (Phi) is 6.49. The molecule has 6 nitrogen and oxygen atoms in total. The summed E-state index contributed by atoms with van der Waals surface area (Å²) in [6.45, 7) is 3.67. The van der Waals surface area contributed by atoms with E-state index in [1.165, 1.54) is 11.8 Å². The lowest BCUT2D eigenvalue weighted by molar-refractivity contribution is -0.139. The highest BCUT2D eigenvalue weighted by molar-refractivity contribution is 9.10. The van der Waals surface area contributed by atoms with E-state index in [0.717, 1.165) is 24.1 Å². The van der Waals surface area contributed by atoms with Gasteiger partial charge in [-0.1, -0.05) is 41.9 Å². The van der Waals surface area contributed by atoms with Crippen LogP contribution in [-0.4, -0.2) is 33.2 Å². The lowest BCUT2D eigenvalue weighted by Gasteiger charge is -2.10. The Bertz CT molecular complexity index is 1060. The minimum atomic E-state index is -1.11. The van der Waals surface area contributed by atoms with Gasteiger partial charge in [-0.2, -0.15) is 5.10 Å². The van der Waals surface area contributed by atoms with E-state index < -0.39 is 12.6 Å². The van der Waals surface area contributed by atoms with E-state index in [4.69, 9.17) is 9.84 Å². The van der Waals surface area contributed by atoms with E-state index >= 15 is 0 Å². The molecule has 0 aliphatic rings. The van der Waals surface area contributed by atoms with Crippen LogP contribution >= 0.6 is 15.9 Å². The molecule has 1 heterocycles. The number of carboxylic acids is 1. The first-order valence-corrected chi connectivity index (χ1v) is 10.1. The predicted molar refractivity (Wildman–Crippen MR) is 113 cm³/mol. The molecule has 0 saturated carbocycles. The number of aryl methyl sites for hydroxylation is 2. The Labute approximate surface area is 177 Å². The van der Waals surface area contributed by atoms with Crippen molar-refractivity contribution in [3.63, 3.8) is 0 Å². The number of carbonyl (C=O) groups is 2. The number of halogens is 1. The van der Waals surface area contributed by atoms with Crippen molar-refractivity contribution < 1.29 is 19.4 Å². The second kappa shape index (κ2) is 9.05. The lowest BCUT2D eigenvalue weighted by Crippen LogP contribution is -2.12. The fraction of sp³-hybridized carbons (Fsp3) is 0.227. The molecular formula is C22H21BrN2O4. The summed E-state index contributed by atoms with van der Waals surface area (Å²) in [4.78, 5) is 23.9. The van der Waals surface area contributed by atoms with Gasteiger partial charge in [-0.05, 0) is 48.2 Å². The monoisotopic (exact) mass is 456 g/mol. The molecule has 150 valence electrons. The van der Waals surface area contributed by atoms with Crippen molar-refractivity contribution in [3.05, 3.63) is 75.5 Å². The van der Waals surface area contributed by atoms with E-state index in [1.54, 1.807) is 29.1 Å². The van der Waals surface area contributed by atoms with Crippen LogP contribution < -0.4 is 4.74 Å². The minimum Gasteiger partial charge on any atom is -0.481 e. The molecule has 0 bridgehead atoms. The zero-order valence-electron chi connectivity index (χ0n) is 16.2. The second-order valence-electron chi connectivity index (χ2n) is 6.50. The molecule has 2 aromatic carbocycles. The smallest absolute Gasteiger partial charge is 0.341 e. The summed E-state index contributed by atoms with van der Waals surface area (Å²) in [6, 6.07) is 11.1. The molecule has 29 heavy (non-hydrogen) atoms. The molecule has 0 radical (unpaired) electrons. The highest BCUT2D eigenvalue weighted by Gasteiger charge is 2.19. The second-order valence-corrected chi connectivity index (χ2v) is 7.41. The van der Waals surface area contributed by atoms with Crippen LogP contribution in [0.3, 0.4) is 0 Å². The molecule has 0 aliphatic carbocycles. The fourth-order valence-electron chi connectivity index (χ4n) is 3.04. The zero-order valence-corrected chi connectivity index (χ0v) is 17.8. The lowest BCUT2D eigenvalue weighted by atomic mass is 10.0. The van der Waals surface area contributed by atoms with Gasteiger partial charge in [0.2, 0.25) is 0 Å². The highest BCUT2D eigenvalue weighted by atomic mass is 79.9. The summed E-state index contributed by atoms with van der Waals surface area (Å²) < 4.78 is 7.67. The van der Waals surface area contributed by atoms with Gasteiger partial charge < -0.3 is 9.84 Å². The maximum Gasteiger partial charge on any atom is 0.341 e. The van der Waals surface area contributed by atoms with Gasteiger partial charge in [0, 0.05) is 10.7 Å². The first kappa shape index (κ1) is 20.8. The third kappa shape index (κ3) is 4.74. The Morgan fingerprint density at radius 2 is 1.93 bits per heavy atom. The number of rotatable bonds is 8. The van der Waals surface area contributed by atoms with Crippen LogP contribution in [0.1, 0.15) is 40.9 Å². The van der Waals surface area contributed by atoms with Gasteiger partial charge in [0.05, 0.1) is 23.0 Å². The predicted octanol–water partition coefficient (Wildman–Crippen LogP) is 4.45. The number of ether oxygens (including phenoxy) is 1. The summed E-state index contributed by atoms with van der Waals surface area (Å²) >= 11 is 3.35. The molecule has 7 heteroatoms. The van der Waals surface area contributed by atoms with Crippen LogP contribution in [0.15, 0.2) is 53.3 Å². The van der Waals surface area contributed by atoms with E-state index in [-0.39, 0.29) is 17.1 Å². The van der Waals surface area contributed by atoms with Crippen LogP contribution in [0.25, 0.3) is 5.69 Å². The topological polar surface area (TPSA) is 81.4 Å². The normalized spacial score (nSPS) is 10.7. The van der Waals surface area contributed by atoms with E-state index in [2.05, 4.69) is 47.0 Å². The third-order valence-corrected chi connectivity index (χ3v) is 5.06. The third-order valence-electron chi connectivity index (χ3n) is 4.56. The number of nitrogens with zero attached hydrogens (tertiary/aromatic N) is 2. The molecule has 1 N–H and O–H groups in total. The van der Waals surface area contributed by atoms with Crippen LogP contribution in [0.5, 0.6) is 5.75 Å². The number of aliphatic carboxylic acids is 1. The number of hydrogen-bond acceptors (Lipinski definition) is 4. The molecule has 3 rings (SSSR count). The van der Waals surface area contributed by atoms with Crippen molar-refractivity contribution >= 4 is 27.7 Å². The Balaban J connectivity index is 1.94. The summed E-state index contributed by atoms with van der Waals surface area (Å²) in [7, 11) is 0. The minimum absolute atomic E-state index is 0.217. The van der Waals surface area contributed by atoms with Crippen molar-refractivity contribution in [1.29, 1.82) is 0 Å². The molecule has 0 atom stereocenters. The van der Waals surface area contributed by atoms with Gasteiger partial charge in [-0.15, -0.1) is 0 Å². The standard InChI is InChI=1S/C22H21BrN2O4/c1-3-14-5-7-19(15(4-2)9-14)25-12-16(11-24-25)22(28)18-10-17(23)6-8-20(18)29-13-21(26)27/h5-12H,3-4,13H2,1-2H3,(H,26,27). The quantitative estimate of drug-likeness (QED) is 0.506. The van der Waals surface area contributed by atoms with E-state index in [1.807, 2.05) is 6.07 Å². The molecule has 3 aromatic rings. The first-order chi connectivity index (χ1) is 13.9. The molecule has 0 saturated heterocycles. The van der Waals surface area contributed by atoms with Crippen molar-refractivity contribution in [3.8, 4) is 11.4 Å². The molecule has 0 unspecified atom stereocenters. The molecule has 0 fully saturated rings. The van der Waals surface area contributed by atoms with Gasteiger partial charge in [0.25, 0.3) is 0 Å². The summed E-state index contributed by atoms with van der Waals surface area (Å²) in [5, 5.41) is 13.2. The van der Waals surface area contributed by atoms with Crippen LogP contribution in [0.2, 0.25) is 0 Å². The maximum atomic E-state index is 13.1. The molecule has 0 aliphatic heterocycles. The molecule has 0 amide bonds. The zero-order chi connectivity index (χ0) is 21.0. The summed E-state index contributed by atoms with van der Waals surface area (Å²) in [5.41, 5.74) is 4.00. The molecular weight excluding hydrogens is 436 g/mol. The number of carboxylic acid groups (broad SMARTS) is 1. The SMILES string of the molecule is CCc1ccc(-n2cc(C(=O)c3cc(Br)ccc3OCC(=O)O)cn2)c(CC)c1. The van der Waals surface area contributed by atoms with E-state index in [9.17, 15) is 9.59 Å². The van der Waals surface area contributed by atoms with Crippen LogP contribution in [0, 0.1) is 0 Å². The Morgan fingerprint density at radius 1 is 1.14 bits per heavy atom. The summed E-state index contributed by atoms with van der Waals surface area (Å²) in [5.74, 6) is -1.18. The summed E-state index contributed by atoms with van der Waals surface area (Å²) in [6.07, 6.45) is 5.00. The fourth-order valence-corrected chi connectivity index (χ4v) is 3.40. The van der Waals surface area contributed by atoms with Crippen molar-refractivity contribution in [1.82, 2.24) is 9.78 Å². The first-order valence-electron chi connectivity index (χ1n) is 9.28. The maximum absolute atomic E-state index is 13.1. The number of ketones is 1. The van der Waals surface area contributed by atoms with Crippen molar-refractivity contribution in [2.24, 2.45) is 0 Å². The molecule has 0 spiro atoms. The Hall–Kier alpha value is -2.93. The van der Waals surface area contributed by atoms with Gasteiger partial charge in [-0.25, -0.2) is 9.48 Å². The average Bonchev–Trinajstić information content (AvgIpc) is 3.21. The number of aromatic nitrogens is 2. The highest BCUT2D eigenvalue weighted by Crippen LogP contribution is 2.26.